The van der Waals surface area contributed by atoms with Crippen LogP contribution in [-0.2, 0) is 6.54 Å². The molecule has 0 spiro atoms. The van der Waals surface area contributed by atoms with E-state index in [2.05, 4.69) is 48.4 Å². The minimum Gasteiger partial charge on any atom is -0.357 e. The lowest BCUT2D eigenvalue weighted by Crippen LogP contribution is -1.99. The summed E-state index contributed by atoms with van der Waals surface area (Å²) in [6, 6.07) is 8.75. The average molecular weight is 232 g/mol. The van der Waals surface area contributed by atoms with Crippen LogP contribution in [0.4, 0.5) is 5.13 Å². The van der Waals surface area contributed by atoms with Crippen LogP contribution in [-0.4, -0.2) is 4.98 Å². The van der Waals surface area contributed by atoms with Crippen molar-refractivity contribution >= 4 is 16.5 Å². The SMILES string of the molecule is CC(C)c1ccc(CNc2nccs2)cc1. The van der Waals surface area contributed by atoms with Crippen molar-refractivity contribution in [2.24, 2.45) is 0 Å². The Balaban J connectivity index is 1.95. The molecule has 0 fully saturated rings. The quantitative estimate of drug-likeness (QED) is 0.865. The van der Waals surface area contributed by atoms with Gasteiger partial charge in [-0.2, -0.15) is 0 Å². The summed E-state index contributed by atoms with van der Waals surface area (Å²) in [6.45, 7) is 5.26. The van der Waals surface area contributed by atoms with Gasteiger partial charge in [0.15, 0.2) is 5.13 Å². The minimum atomic E-state index is 0.598. The molecule has 0 unspecified atom stereocenters. The highest BCUT2D eigenvalue weighted by Crippen LogP contribution is 2.16. The highest BCUT2D eigenvalue weighted by molar-refractivity contribution is 7.13. The molecule has 0 saturated carbocycles. The molecule has 1 aromatic heterocycles. The summed E-state index contributed by atoms with van der Waals surface area (Å²) in [7, 11) is 0. The van der Waals surface area contributed by atoms with Crippen LogP contribution in [0, 0.1) is 0 Å². The number of thiazole rings is 1. The van der Waals surface area contributed by atoms with Crippen LogP contribution < -0.4 is 5.32 Å². The van der Waals surface area contributed by atoms with E-state index < -0.39 is 0 Å². The highest BCUT2D eigenvalue weighted by Gasteiger charge is 1.99. The van der Waals surface area contributed by atoms with Crippen molar-refractivity contribution in [2.75, 3.05) is 5.32 Å². The monoisotopic (exact) mass is 232 g/mol. The summed E-state index contributed by atoms with van der Waals surface area (Å²) in [5.74, 6) is 0.598. The molecular weight excluding hydrogens is 216 g/mol. The molecule has 84 valence electrons. The Morgan fingerprint density at radius 3 is 2.56 bits per heavy atom. The normalized spacial score (nSPS) is 10.7. The average Bonchev–Trinajstić information content (AvgIpc) is 2.80. The number of rotatable bonds is 4. The molecule has 2 nitrogen and oxygen atoms in total. The molecule has 0 amide bonds. The summed E-state index contributed by atoms with van der Waals surface area (Å²) in [6.07, 6.45) is 1.81. The molecule has 0 saturated heterocycles. The predicted molar refractivity (Wildman–Crippen MR) is 70.0 cm³/mol. The Labute approximate surface area is 100 Å². The Morgan fingerprint density at radius 2 is 2.00 bits per heavy atom. The zero-order chi connectivity index (χ0) is 11.4. The Kier molecular flexibility index (Phi) is 3.57. The maximum Gasteiger partial charge on any atom is 0.182 e. The maximum absolute atomic E-state index is 4.18. The van der Waals surface area contributed by atoms with Gasteiger partial charge in [-0.15, -0.1) is 11.3 Å². The largest absolute Gasteiger partial charge is 0.357 e. The zero-order valence-electron chi connectivity index (χ0n) is 9.60. The standard InChI is InChI=1S/C13H16N2S/c1-10(2)12-5-3-11(4-6-12)9-15-13-14-7-8-16-13/h3-8,10H,9H2,1-2H3,(H,14,15). The van der Waals surface area contributed by atoms with E-state index in [-0.39, 0.29) is 0 Å². The molecule has 0 atom stereocenters. The number of nitrogens with one attached hydrogen (secondary N) is 1. The first-order chi connectivity index (χ1) is 7.75. The van der Waals surface area contributed by atoms with Crippen molar-refractivity contribution in [3.8, 4) is 0 Å². The molecule has 0 aliphatic heterocycles. The van der Waals surface area contributed by atoms with E-state index in [9.17, 15) is 0 Å². The number of hydrogen-bond acceptors (Lipinski definition) is 3. The minimum absolute atomic E-state index is 0.598. The van der Waals surface area contributed by atoms with Crippen LogP contribution in [0.3, 0.4) is 0 Å². The molecular formula is C13H16N2S. The predicted octanol–water partition coefficient (Wildman–Crippen LogP) is 3.88. The van der Waals surface area contributed by atoms with Gasteiger partial charge in [-0.3, -0.25) is 0 Å². The van der Waals surface area contributed by atoms with Gasteiger partial charge in [0.1, 0.15) is 0 Å². The smallest absolute Gasteiger partial charge is 0.182 e. The molecule has 3 heteroatoms. The fraction of sp³-hybridized carbons (Fsp3) is 0.308. The topological polar surface area (TPSA) is 24.9 Å². The molecule has 2 aromatic rings. The molecule has 2 rings (SSSR count). The second-order valence-electron chi connectivity index (χ2n) is 4.09. The van der Waals surface area contributed by atoms with Gasteiger partial charge < -0.3 is 5.32 Å². The van der Waals surface area contributed by atoms with Crippen LogP contribution >= 0.6 is 11.3 Å². The maximum atomic E-state index is 4.18. The Bertz CT molecular complexity index is 418. The summed E-state index contributed by atoms with van der Waals surface area (Å²) in [5, 5.41) is 6.25. The molecule has 1 heterocycles. The second kappa shape index (κ2) is 5.12. The lowest BCUT2D eigenvalue weighted by atomic mass is 10.0. The van der Waals surface area contributed by atoms with Gasteiger partial charge in [0.05, 0.1) is 0 Å². The zero-order valence-corrected chi connectivity index (χ0v) is 10.4. The fourth-order valence-electron chi connectivity index (χ4n) is 1.51. The van der Waals surface area contributed by atoms with Crippen LogP contribution in [0.5, 0.6) is 0 Å². The third-order valence-corrected chi connectivity index (χ3v) is 3.25. The number of anilines is 1. The molecule has 0 bridgehead atoms. The van der Waals surface area contributed by atoms with E-state index >= 15 is 0 Å². The molecule has 1 N–H and O–H groups in total. The molecule has 16 heavy (non-hydrogen) atoms. The van der Waals surface area contributed by atoms with Crippen molar-refractivity contribution in [1.29, 1.82) is 0 Å². The van der Waals surface area contributed by atoms with E-state index in [1.807, 2.05) is 11.6 Å². The van der Waals surface area contributed by atoms with E-state index in [1.165, 1.54) is 11.1 Å². The van der Waals surface area contributed by atoms with Crippen LogP contribution in [0.25, 0.3) is 0 Å². The summed E-state index contributed by atoms with van der Waals surface area (Å²) in [5.41, 5.74) is 2.68. The molecule has 0 radical (unpaired) electrons. The van der Waals surface area contributed by atoms with Gasteiger partial charge in [0.25, 0.3) is 0 Å². The van der Waals surface area contributed by atoms with Gasteiger partial charge in [-0.25, -0.2) is 4.98 Å². The fourth-order valence-corrected chi connectivity index (χ4v) is 2.04. The van der Waals surface area contributed by atoms with E-state index in [4.69, 9.17) is 0 Å². The number of hydrogen-bond donors (Lipinski definition) is 1. The van der Waals surface area contributed by atoms with Gasteiger partial charge >= 0.3 is 0 Å². The second-order valence-corrected chi connectivity index (χ2v) is 4.98. The third kappa shape index (κ3) is 2.83. The highest BCUT2D eigenvalue weighted by atomic mass is 32.1. The van der Waals surface area contributed by atoms with Crippen LogP contribution in [0.2, 0.25) is 0 Å². The van der Waals surface area contributed by atoms with Crippen molar-refractivity contribution in [3.05, 3.63) is 47.0 Å². The van der Waals surface area contributed by atoms with E-state index in [1.54, 1.807) is 11.3 Å². The molecule has 0 aliphatic carbocycles. The molecule has 0 aliphatic rings. The van der Waals surface area contributed by atoms with Gasteiger partial charge in [-0.05, 0) is 17.0 Å². The number of nitrogens with zero attached hydrogens (tertiary/aromatic N) is 1. The van der Waals surface area contributed by atoms with Crippen molar-refractivity contribution in [2.45, 2.75) is 26.3 Å². The number of benzene rings is 1. The first kappa shape index (κ1) is 11.1. The van der Waals surface area contributed by atoms with E-state index in [0.29, 0.717) is 5.92 Å². The van der Waals surface area contributed by atoms with Gasteiger partial charge in [0.2, 0.25) is 0 Å². The summed E-state index contributed by atoms with van der Waals surface area (Å²) >= 11 is 1.63. The summed E-state index contributed by atoms with van der Waals surface area (Å²) in [4.78, 5) is 4.18. The van der Waals surface area contributed by atoms with Crippen LogP contribution in [0.15, 0.2) is 35.8 Å². The van der Waals surface area contributed by atoms with Gasteiger partial charge in [0, 0.05) is 18.1 Å². The lowest BCUT2D eigenvalue weighted by Gasteiger charge is -2.07. The van der Waals surface area contributed by atoms with Crippen molar-refractivity contribution < 1.29 is 0 Å². The van der Waals surface area contributed by atoms with Crippen molar-refractivity contribution in [3.63, 3.8) is 0 Å². The lowest BCUT2D eigenvalue weighted by molar-refractivity contribution is 0.865. The third-order valence-electron chi connectivity index (χ3n) is 2.52. The number of aromatic nitrogens is 1. The van der Waals surface area contributed by atoms with E-state index in [0.717, 1.165) is 11.7 Å². The van der Waals surface area contributed by atoms with Crippen molar-refractivity contribution in [1.82, 2.24) is 4.98 Å². The Morgan fingerprint density at radius 1 is 1.25 bits per heavy atom. The summed E-state index contributed by atoms with van der Waals surface area (Å²) < 4.78 is 0. The first-order valence-electron chi connectivity index (χ1n) is 5.48. The van der Waals surface area contributed by atoms with Gasteiger partial charge in [-0.1, -0.05) is 38.1 Å². The van der Waals surface area contributed by atoms with Crippen LogP contribution in [0.1, 0.15) is 30.9 Å². The molecule has 1 aromatic carbocycles. The Hall–Kier alpha value is -1.35. The first-order valence-corrected chi connectivity index (χ1v) is 6.36.